The average Bonchev–Trinajstić information content (AvgIpc) is 2.26. The van der Waals surface area contributed by atoms with Gasteiger partial charge in [0, 0.05) is 24.5 Å². The van der Waals surface area contributed by atoms with E-state index in [1.54, 1.807) is 4.31 Å². The van der Waals surface area contributed by atoms with Gasteiger partial charge in [0.1, 0.15) is 0 Å². The third-order valence-corrected chi connectivity index (χ3v) is 6.22. The normalized spacial score (nSPS) is 21.9. The maximum absolute atomic E-state index is 12.0. The largest absolute Gasteiger partial charge is 0.279 e. The molecule has 1 atom stereocenters. The van der Waals surface area contributed by atoms with Crippen molar-refractivity contribution in [1.29, 1.82) is 0 Å². The number of alkyl halides is 1. The van der Waals surface area contributed by atoms with E-state index in [4.69, 9.17) is 0 Å². The molecule has 0 aromatic heterocycles. The molecule has 1 fully saturated rings. The minimum absolute atomic E-state index is 0.181. The Morgan fingerprint density at radius 1 is 1.35 bits per heavy atom. The van der Waals surface area contributed by atoms with Crippen molar-refractivity contribution in [2.24, 2.45) is 11.8 Å². The number of hydrogen-bond donors (Lipinski definition) is 1. The van der Waals surface area contributed by atoms with Crippen LogP contribution in [-0.2, 0) is 10.2 Å². The maximum Gasteiger partial charge on any atom is 0.279 e. The van der Waals surface area contributed by atoms with Crippen LogP contribution in [0, 0.1) is 11.8 Å². The number of hydrogen-bond acceptors (Lipinski definition) is 2. The first kappa shape index (κ1) is 15.4. The molecular weight excluding hydrogens is 304 g/mol. The van der Waals surface area contributed by atoms with Crippen LogP contribution in [0.1, 0.15) is 33.6 Å². The Bertz CT molecular complexity index is 324. The fourth-order valence-corrected chi connectivity index (χ4v) is 3.38. The second-order valence-corrected chi connectivity index (χ2v) is 8.13. The smallest absolute Gasteiger partial charge is 0.201 e. The van der Waals surface area contributed by atoms with Crippen molar-refractivity contribution in [1.82, 2.24) is 9.03 Å². The number of nitrogens with zero attached hydrogens (tertiary/aromatic N) is 1. The SMILES string of the molecule is CC1CCN(S(=O)(=O)NCC(Br)C(C)C)CC1. The van der Waals surface area contributed by atoms with Crippen LogP contribution in [-0.4, -0.2) is 37.2 Å². The number of rotatable bonds is 5. The summed E-state index contributed by atoms with van der Waals surface area (Å²) in [5.41, 5.74) is 0. The summed E-state index contributed by atoms with van der Waals surface area (Å²) in [4.78, 5) is 0.181. The zero-order valence-electron chi connectivity index (χ0n) is 10.8. The highest BCUT2D eigenvalue weighted by Crippen LogP contribution is 2.18. The first-order chi connectivity index (χ1) is 7.83. The molecule has 0 aromatic rings. The van der Waals surface area contributed by atoms with E-state index >= 15 is 0 Å². The van der Waals surface area contributed by atoms with Gasteiger partial charge in [-0.3, -0.25) is 0 Å². The summed E-state index contributed by atoms with van der Waals surface area (Å²) in [6.07, 6.45) is 1.92. The van der Waals surface area contributed by atoms with Crippen molar-refractivity contribution in [3.05, 3.63) is 0 Å². The van der Waals surface area contributed by atoms with Crippen LogP contribution in [0.15, 0.2) is 0 Å². The van der Waals surface area contributed by atoms with Crippen LogP contribution in [0.4, 0.5) is 0 Å². The van der Waals surface area contributed by atoms with Gasteiger partial charge in [-0.05, 0) is 24.7 Å². The molecule has 102 valence electrons. The first-order valence-electron chi connectivity index (χ1n) is 6.21. The van der Waals surface area contributed by atoms with Crippen molar-refractivity contribution in [3.8, 4) is 0 Å². The molecule has 6 heteroatoms. The number of piperidine rings is 1. The third-order valence-electron chi connectivity index (χ3n) is 3.27. The molecule has 1 N–H and O–H groups in total. The Balaban J connectivity index is 2.46. The zero-order valence-corrected chi connectivity index (χ0v) is 13.2. The standard InChI is InChI=1S/C11H23BrN2O2S/c1-9(2)11(12)8-13-17(15,16)14-6-4-10(3)5-7-14/h9-11,13H,4-8H2,1-3H3. The van der Waals surface area contributed by atoms with Crippen molar-refractivity contribution in [2.75, 3.05) is 19.6 Å². The second kappa shape index (κ2) is 6.50. The molecule has 1 aliphatic heterocycles. The van der Waals surface area contributed by atoms with Crippen molar-refractivity contribution < 1.29 is 8.42 Å². The summed E-state index contributed by atoms with van der Waals surface area (Å²) in [5, 5.41) is 0. The minimum atomic E-state index is -3.28. The average molecular weight is 327 g/mol. The summed E-state index contributed by atoms with van der Waals surface area (Å²) < 4.78 is 28.3. The van der Waals surface area contributed by atoms with Gasteiger partial charge in [-0.25, -0.2) is 4.72 Å². The van der Waals surface area contributed by atoms with Crippen molar-refractivity contribution >= 4 is 26.1 Å². The van der Waals surface area contributed by atoms with Crippen LogP contribution >= 0.6 is 15.9 Å². The maximum atomic E-state index is 12.0. The summed E-state index contributed by atoms with van der Waals surface area (Å²) in [7, 11) is -3.28. The Hall–Kier alpha value is 0.350. The molecule has 1 saturated heterocycles. The molecule has 0 spiro atoms. The second-order valence-electron chi connectivity index (χ2n) is 5.20. The lowest BCUT2D eigenvalue weighted by atomic mass is 10.0. The minimum Gasteiger partial charge on any atom is -0.201 e. The van der Waals surface area contributed by atoms with E-state index in [1.807, 2.05) is 0 Å². The molecule has 17 heavy (non-hydrogen) atoms. The van der Waals surface area contributed by atoms with E-state index in [0.29, 0.717) is 31.5 Å². The van der Waals surface area contributed by atoms with Crippen LogP contribution in [0.5, 0.6) is 0 Å². The highest BCUT2D eigenvalue weighted by atomic mass is 79.9. The number of halogens is 1. The van der Waals surface area contributed by atoms with Gasteiger partial charge in [0.25, 0.3) is 10.2 Å². The zero-order chi connectivity index (χ0) is 13.1. The molecule has 0 saturated carbocycles. The van der Waals surface area contributed by atoms with Crippen LogP contribution in [0.25, 0.3) is 0 Å². The Kier molecular flexibility index (Phi) is 5.89. The summed E-state index contributed by atoms with van der Waals surface area (Å²) in [6.45, 7) is 8.04. The lowest BCUT2D eigenvalue weighted by molar-refractivity contribution is 0.285. The Labute approximate surface area is 113 Å². The molecule has 1 unspecified atom stereocenters. The topological polar surface area (TPSA) is 49.4 Å². The molecule has 1 heterocycles. The first-order valence-corrected chi connectivity index (χ1v) is 8.57. The van der Waals surface area contributed by atoms with E-state index in [1.165, 1.54) is 0 Å². The predicted molar refractivity (Wildman–Crippen MR) is 74.4 cm³/mol. The highest BCUT2D eigenvalue weighted by Gasteiger charge is 2.26. The molecular formula is C11H23BrN2O2S. The van der Waals surface area contributed by atoms with Gasteiger partial charge < -0.3 is 0 Å². The molecule has 0 bridgehead atoms. The fraction of sp³-hybridized carbons (Fsp3) is 1.00. The van der Waals surface area contributed by atoms with Gasteiger partial charge >= 0.3 is 0 Å². The predicted octanol–water partition coefficient (Wildman–Crippen LogP) is 1.97. The van der Waals surface area contributed by atoms with Crippen LogP contribution in [0.3, 0.4) is 0 Å². The van der Waals surface area contributed by atoms with Crippen LogP contribution in [0.2, 0.25) is 0 Å². The van der Waals surface area contributed by atoms with Gasteiger partial charge in [-0.1, -0.05) is 36.7 Å². The van der Waals surface area contributed by atoms with Crippen molar-refractivity contribution in [2.45, 2.75) is 38.4 Å². The van der Waals surface area contributed by atoms with E-state index in [0.717, 1.165) is 12.8 Å². The monoisotopic (exact) mass is 326 g/mol. The summed E-state index contributed by atoms with van der Waals surface area (Å²) >= 11 is 3.48. The van der Waals surface area contributed by atoms with Crippen molar-refractivity contribution in [3.63, 3.8) is 0 Å². The molecule has 1 rings (SSSR count). The van der Waals surface area contributed by atoms with Gasteiger partial charge in [-0.15, -0.1) is 0 Å². The molecule has 0 aromatic carbocycles. The van der Waals surface area contributed by atoms with Gasteiger partial charge in [-0.2, -0.15) is 12.7 Å². The molecule has 0 radical (unpaired) electrons. The summed E-state index contributed by atoms with van der Waals surface area (Å²) in [6, 6.07) is 0. The number of nitrogens with one attached hydrogen (secondary N) is 1. The Morgan fingerprint density at radius 2 is 1.88 bits per heavy atom. The lowest BCUT2D eigenvalue weighted by Crippen LogP contribution is -2.46. The van der Waals surface area contributed by atoms with Crippen LogP contribution < -0.4 is 4.72 Å². The summed E-state index contributed by atoms with van der Waals surface area (Å²) in [5.74, 6) is 1.06. The fourth-order valence-electron chi connectivity index (χ4n) is 1.74. The molecule has 0 aliphatic carbocycles. The van der Waals surface area contributed by atoms with Gasteiger partial charge in [0.15, 0.2) is 0 Å². The van der Waals surface area contributed by atoms with Gasteiger partial charge in [0.05, 0.1) is 0 Å². The Morgan fingerprint density at radius 3 is 2.35 bits per heavy atom. The van der Waals surface area contributed by atoms with E-state index in [2.05, 4.69) is 41.4 Å². The molecule has 4 nitrogen and oxygen atoms in total. The highest BCUT2D eigenvalue weighted by molar-refractivity contribution is 9.09. The molecule has 0 amide bonds. The lowest BCUT2D eigenvalue weighted by Gasteiger charge is -2.29. The van der Waals surface area contributed by atoms with E-state index in [9.17, 15) is 8.42 Å². The molecule has 1 aliphatic rings. The van der Waals surface area contributed by atoms with E-state index in [-0.39, 0.29) is 4.83 Å². The quantitative estimate of drug-likeness (QED) is 0.785. The van der Waals surface area contributed by atoms with Gasteiger partial charge in [0.2, 0.25) is 0 Å². The van der Waals surface area contributed by atoms with E-state index < -0.39 is 10.2 Å². The third kappa shape index (κ3) is 4.85.